The number of nitrogens with zero attached hydrogens (tertiary/aromatic N) is 3. The molecule has 2 aromatic carbocycles. The molecule has 0 aliphatic carbocycles. The van der Waals surface area contributed by atoms with Gasteiger partial charge in [-0.25, -0.2) is 10.4 Å². The minimum Gasteiger partial charge on any atom is -0.273 e. The average Bonchev–Trinajstić information content (AvgIpc) is 3.15. The number of nitrogens with one attached hydrogen (secondary N) is 1. The van der Waals surface area contributed by atoms with E-state index in [1.165, 1.54) is 23.5 Å². The highest BCUT2D eigenvalue weighted by Gasteiger charge is 2.10. The Balaban J connectivity index is 1.63. The van der Waals surface area contributed by atoms with Crippen molar-refractivity contribution in [2.75, 3.05) is 0 Å². The fourth-order valence-electron chi connectivity index (χ4n) is 2.37. The van der Waals surface area contributed by atoms with Crippen molar-refractivity contribution in [3.05, 3.63) is 80.7 Å². The van der Waals surface area contributed by atoms with Crippen LogP contribution in [0, 0.1) is 10.1 Å². The van der Waals surface area contributed by atoms with Crippen molar-refractivity contribution in [2.24, 2.45) is 5.10 Å². The number of non-ortho nitro benzene ring substituents is 1. The summed E-state index contributed by atoms with van der Waals surface area (Å²) < 4.78 is 0. The average molecular weight is 380 g/mol. The Labute approximate surface area is 159 Å². The number of thiazole rings is 1. The van der Waals surface area contributed by atoms with Crippen LogP contribution in [-0.4, -0.2) is 21.5 Å². The molecule has 3 aromatic rings. The molecule has 0 aliphatic rings. The lowest BCUT2D eigenvalue weighted by Crippen LogP contribution is -2.21. The van der Waals surface area contributed by atoms with Gasteiger partial charge in [0.2, 0.25) is 5.91 Å². The van der Waals surface area contributed by atoms with Crippen LogP contribution in [0.3, 0.4) is 0 Å². The van der Waals surface area contributed by atoms with E-state index < -0.39 is 4.92 Å². The zero-order valence-electron chi connectivity index (χ0n) is 14.5. The van der Waals surface area contributed by atoms with Crippen molar-refractivity contribution in [1.82, 2.24) is 10.4 Å². The normalized spacial score (nSPS) is 11.2. The number of benzene rings is 2. The van der Waals surface area contributed by atoms with Crippen LogP contribution in [-0.2, 0) is 11.2 Å². The van der Waals surface area contributed by atoms with Crippen LogP contribution in [0.25, 0.3) is 11.3 Å². The number of carbonyl (C=O) groups is 1. The number of hydrogen-bond acceptors (Lipinski definition) is 6. The van der Waals surface area contributed by atoms with Crippen LogP contribution < -0.4 is 5.43 Å². The second kappa shape index (κ2) is 8.33. The van der Waals surface area contributed by atoms with Gasteiger partial charge in [0, 0.05) is 28.6 Å². The van der Waals surface area contributed by atoms with Crippen LogP contribution in [0.1, 0.15) is 17.5 Å². The molecule has 0 spiro atoms. The topological polar surface area (TPSA) is 97.5 Å². The monoisotopic (exact) mass is 380 g/mol. The van der Waals surface area contributed by atoms with Gasteiger partial charge < -0.3 is 0 Å². The molecular weight excluding hydrogens is 364 g/mol. The first-order valence-corrected chi connectivity index (χ1v) is 8.98. The molecule has 1 heterocycles. The molecule has 1 N–H and O–H groups in total. The van der Waals surface area contributed by atoms with E-state index in [-0.39, 0.29) is 18.0 Å². The summed E-state index contributed by atoms with van der Waals surface area (Å²) in [5.74, 6) is -0.297. The Morgan fingerprint density at radius 1 is 1.22 bits per heavy atom. The maximum Gasteiger partial charge on any atom is 0.270 e. The third-order valence-corrected chi connectivity index (χ3v) is 4.60. The smallest absolute Gasteiger partial charge is 0.270 e. The van der Waals surface area contributed by atoms with Gasteiger partial charge in [0.15, 0.2) is 0 Å². The summed E-state index contributed by atoms with van der Waals surface area (Å²) in [7, 11) is 0. The number of hydrogen-bond donors (Lipinski definition) is 1. The number of amides is 1. The number of rotatable bonds is 6. The molecule has 1 amide bonds. The minimum atomic E-state index is -0.470. The van der Waals surface area contributed by atoms with Crippen molar-refractivity contribution in [3.8, 4) is 11.3 Å². The highest BCUT2D eigenvalue weighted by molar-refractivity contribution is 7.10. The van der Waals surface area contributed by atoms with Crippen molar-refractivity contribution in [2.45, 2.75) is 13.3 Å². The summed E-state index contributed by atoms with van der Waals surface area (Å²) >= 11 is 1.41. The maximum atomic E-state index is 12.1. The summed E-state index contributed by atoms with van der Waals surface area (Å²) in [4.78, 5) is 26.9. The van der Waals surface area contributed by atoms with Crippen LogP contribution >= 0.6 is 11.3 Å². The fraction of sp³-hybridized carbons (Fsp3) is 0.105. The summed E-state index contributed by atoms with van der Waals surface area (Å²) in [5.41, 5.74) is 5.34. The van der Waals surface area contributed by atoms with E-state index in [4.69, 9.17) is 0 Å². The van der Waals surface area contributed by atoms with E-state index in [0.717, 1.165) is 11.3 Å². The third kappa shape index (κ3) is 4.83. The highest BCUT2D eigenvalue weighted by atomic mass is 32.1. The minimum absolute atomic E-state index is 0.0235. The molecule has 1 aromatic heterocycles. The molecule has 3 rings (SSSR count). The van der Waals surface area contributed by atoms with Crippen LogP contribution in [0.15, 0.2) is 65.1 Å². The second-order valence-corrected chi connectivity index (χ2v) is 6.65. The molecule has 27 heavy (non-hydrogen) atoms. The second-order valence-electron chi connectivity index (χ2n) is 5.71. The highest BCUT2D eigenvalue weighted by Crippen LogP contribution is 2.21. The molecule has 0 radical (unpaired) electrons. The quantitative estimate of drug-likeness (QED) is 0.399. The van der Waals surface area contributed by atoms with Gasteiger partial charge in [-0.05, 0) is 6.92 Å². The number of carbonyl (C=O) groups excluding carboxylic acids is 1. The largest absolute Gasteiger partial charge is 0.273 e. The lowest BCUT2D eigenvalue weighted by molar-refractivity contribution is -0.384. The Hall–Kier alpha value is -3.39. The van der Waals surface area contributed by atoms with Crippen molar-refractivity contribution >= 4 is 28.6 Å². The summed E-state index contributed by atoms with van der Waals surface area (Å²) in [6.07, 6.45) is 0.114. The summed E-state index contributed by atoms with van der Waals surface area (Å²) in [6.45, 7) is 1.68. The molecule has 136 valence electrons. The molecule has 0 bridgehead atoms. The van der Waals surface area contributed by atoms with E-state index in [1.807, 2.05) is 35.7 Å². The van der Waals surface area contributed by atoms with Crippen molar-refractivity contribution in [1.29, 1.82) is 0 Å². The van der Waals surface area contributed by atoms with Gasteiger partial charge in [-0.15, -0.1) is 11.3 Å². The fourth-order valence-corrected chi connectivity index (χ4v) is 3.17. The summed E-state index contributed by atoms with van der Waals surface area (Å²) in [5, 5.41) is 17.5. The van der Waals surface area contributed by atoms with Crippen molar-refractivity contribution in [3.63, 3.8) is 0 Å². The lowest BCUT2D eigenvalue weighted by atomic mass is 10.1. The van der Waals surface area contributed by atoms with Gasteiger partial charge in [-0.1, -0.05) is 42.5 Å². The third-order valence-electron chi connectivity index (χ3n) is 3.76. The predicted octanol–water partition coefficient (Wildman–Crippen LogP) is 3.80. The molecule has 0 fully saturated rings. The first-order chi connectivity index (χ1) is 13.0. The molecule has 8 heteroatoms. The first kappa shape index (κ1) is 18.4. The van der Waals surface area contributed by atoms with Gasteiger partial charge in [-0.2, -0.15) is 5.10 Å². The van der Waals surface area contributed by atoms with Gasteiger partial charge in [0.25, 0.3) is 5.69 Å². The van der Waals surface area contributed by atoms with Gasteiger partial charge in [-0.3, -0.25) is 14.9 Å². The van der Waals surface area contributed by atoms with E-state index in [2.05, 4.69) is 15.5 Å². The van der Waals surface area contributed by atoms with Gasteiger partial charge >= 0.3 is 0 Å². The first-order valence-electron chi connectivity index (χ1n) is 8.10. The molecule has 0 unspecified atom stereocenters. The number of hydrazone groups is 1. The Bertz CT molecular complexity index is 999. The Kier molecular flexibility index (Phi) is 5.68. The van der Waals surface area contributed by atoms with Gasteiger partial charge in [0.05, 0.1) is 22.7 Å². The zero-order valence-corrected chi connectivity index (χ0v) is 15.3. The van der Waals surface area contributed by atoms with Crippen molar-refractivity contribution < 1.29 is 9.72 Å². The molecule has 0 saturated heterocycles. The van der Waals surface area contributed by atoms with E-state index >= 15 is 0 Å². The molecule has 7 nitrogen and oxygen atoms in total. The van der Waals surface area contributed by atoms with E-state index in [1.54, 1.807) is 19.1 Å². The number of nitro benzene ring substituents is 1. The van der Waals surface area contributed by atoms with E-state index in [9.17, 15) is 14.9 Å². The Morgan fingerprint density at radius 3 is 2.74 bits per heavy atom. The lowest BCUT2D eigenvalue weighted by Gasteiger charge is -2.02. The zero-order chi connectivity index (χ0) is 19.2. The van der Waals surface area contributed by atoms with Gasteiger partial charge in [0.1, 0.15) is 5.01 Å². The van der Waals surface area contributed by atoms with E-state index in [0.29, 0.717) is 16.3 Å². The molecule has 0 atom stereocenters. The standard InChI is InChI=1S/C19H16N4O3S/c1-13(15-8-5-9-16(10-15)23(25)26)21-22-18(24)11-19-20-17(12-27-19)14-6-3-2-4-7-14/h2-10,12H,11H2,1H3,(H,22,24)/b21-13-. The maximum absolute atomic E-state index is 12.1. The van der Waals surface area contributed by atoms with Crippen LogP contribution in [0.4, 0.5) is 5.69 Å². The Morgan fingerprint density at radius 2 is 2.00 bits per heavy atom. The van der Waals surface area contributed by atoms with Crippen LogP contribution in [0.5, 0.6) is 0 Å². The van der Waals surface area contributed by atoms with Crippen LogP contribution in [0.2, 0.25) is 0 Å². The number of aromatic nitrogens is 1. The predicted molar refractivity (Wildman–Crippen MR) is 105 cm³/mol. The molecule has 0 saturated carbocycles. The SMILES string of the molecule is C/C(=N/NC(=O)Cc1nc(-c2ccccc2)cs1)c1cccc([N+](=O)[O-])c1. The summed E-state index contributed by atoms with van der Waals surface area (Å²) in [6, 6.07) is 15.8. The molecular formula is C19H16N4O3S. The number of nitro groups is 1. The molecule has 0 aliphatic heterocycles.